The van der Waals surface area contributed by atoms with Crippen molar-refractivity contribution in [3.05, 3.63) is 23.3 Å². The molecule has 0 unspecified atom stereocenters. The number of nitrogens with one attached hydrogen (secondary N) is 1. The van der Waals surface area contributed by atoms with Crippen LogP contribution in [0.4, 0.5) is 0 Å². The van der Waals surface area contributed by atoms with E-state index < -0.39 is 0 Å². The molecule has 0 fully saturated rings. The molecule has 0 bridgehead atoms. The molecule has 0 saturated carbocycles. The molecule has 86 valence electrons. The molecule has 0 rings (SSSR count). The lowest BCUT2D eigenvalue weighted by Crippen LogP contribution is -1.89. The van der Waals surface area contributed by atoms with E-state index in [9.17, 15) is 0 Å². The van der Waals surface area contributed by atoms with Gasteiger partial charge in [-0.15, -0.1) is 0 Å². The number of hydrogen-bond donors (Lipinski definition) is 1. The number of allylic oxidation sites excluding steroid dienone is 4. The molecule has 0 saturated heterocycles. The zero-order valence-corrected chi connectivity index (χ0v) is 10.7. The highest BCUT2D eigenvalue weighted by molar-refractivity contribution is 5.78. The van der Waals surface area contributed by atoms with Gasteiger partial charge in [-0.25, -0.2) is 0 Å². The summed E-state index contributed by atoms with van der Waals surface area (Å²) in [6.07, 6.45) is 10.0. The maximum atomic E-state index is 7.35. The van der Waals surface area contributed by atoms with E-state index in [1.807, 2.05) is 6.92 Å². The van der Waals surface area contributed by atoms with Crippen LogP contribution in [0.25, 0.3) is 0 Å². The van der Waals surface area contributed by atoms with Crippen molar-refractivity contribution < 1.29 is 0 Å². The third-order valence-corrected chi connectivity index (χ3v) is 2.48. The topological polar surface area (TPSA) is 23.9 Å². The average Bonchev–Trinajstić information content (AvgIpc) is 2.15. The Morgan fingerprint density at radius 1 is 0.933 bits per heavy atom. The van der Waals surface area contributed by atoms with Crippen LogP contribution in [-0.4, -0.2) is 5.71 Å². The molecule has 1 nitrogen and oxygen atoms in total. The summed E-state index contributed by atoms with van der Waals surface area (Å²) < 4.78 is 0. The van der Waals surface area contributed by atoms with Gasteiger partial charge in [0.25, 0.3) is 0 Å². The van der Waals surface area contributed by atoms with Crippen molar-refractivity contribution in [2.24, 2.45) is 0 Å². The lowest BCUT2D eigenvalue weighted by atomic mass is 10.1. The van der Waals surface area contributed by atoms with E-state index in [0.717, 1.165) is 31.4 Å². The fourth-order valence-corrected chi connectivity index (χ4v) is 1.48. The second-order valence-corrected chi connectivity index (χ2v) is 4.33. The molecule has 0 aliphatic carbocycles. The summed E-state index contributed by atoms with van der Waals surface area (Å²) in [5, 5.41) is 7.35. The quantitative estimate of drug-likeness (QED) is 0.454. The van der Waals surface area contributed by atoms with Gasteiger partial charge < -0.3 is 5.41 Å². The highest BCUT2D eigenvalue weighted by atomic mass is 14.4. The minimum Gasteiger partial charge on any atom is -0.310 e. The maximum absolute atomic E-state index is 7.35. The van der Waals surface area contributed by atoms with Crippen molar-refractivity contribution in [3.63, 3.8) is 0 Å². The average molecular weight is 207 g/mol. The Morgan fingerprint density at radius 2 is 1.53 bits per heavy atom. The second kappa shape index (κ2) is 8.46. The van der Waals surface area contributed by atoms with E-state index in [-0.39, 0.29) is 0 Å². The van der Waals surface area contributed by atoms with Crippen molar-refractivity contribution in [3.8, 4) is 0 Å². The monoisotopic (exact) mass is 207 g/mol. The Bertz CT molecular complexity index is 246. The Labute approximate surface area is 94.8 Å². The Morgan fingerprint density at radius 3 is 2.07 bits per heavy atom. The molecule has 0 aromatic carbocycles. The van der Waals surface area contributed by atoms with Crippen molar-refractivity contribution in [1.82, 2.24) is 0 Å². The third-order valence-electron chi connectivity index (χ3n) is 2.48. The van der Waals surface area contributed by atoms with Crippen molar-refractivity contribution in [1.29, 1.82) is 5.41 Å². The molecule has 0 amide bonds. The minimum atomic E-state index is 0.782. The van der Waals surface area contributed by atoms with Crippen LogP contribution in [0.3, 0.4) is 0 Å². The molecule has 0 aliphatic rings. The summed E-state index contributed by atoms with van der Waals surface area (Å²) in [6.45, 7) is 8.43. The molecule has 0 heterocycles. The normalized spacial score (nSPS) is 13.1. The van der Waals surface area contributed by atoms with E-state index in [2.05, 4.69) is 32.9 Å². The van der Waals surface area contributed by atoms with Gasteiger partial charge in [0.2, 0.25) is 0 Å². The second-order valence-electron chi connectivity index (χ2n) is 4.33. The Hall–Kier alpha value is -0.850. The van der Waals surface area contributed by atoms with E-state index in [4.69, 9.17) is 5.41 Å². The van der Waals surface area contributed by atoms with Crippen LogP contribution in [0.2, 0.25) is 0 Å². The van der Waals surface area contributed by atoms with Crippen LogP contribution >= 0.6 is 0 Å². The van der Waals surface area contributed by atoms with Gasteiger partial charge in [-0.3, -0.25) is 0 Å². The summed E-state index contributed by atoms with van der Waals surface area (Å²) in [5.74, 6) is 0. The van der Waals surface area contributed by atoms with Crippen molar-refractivity contribution >= 4 is 5.71 Å². The van der Waals surface area contributed by atoms with Crippen LogP contribution < -0.4 is 0 Å². The molecular weight excluding hydrogens is 182 g/mol. The lowest BCUT2D eigenvalue weighted by molar-refractivity contribution is 0.923. The molecular formula is C14H25N. The first-order valence-electron chi connectivity index (χ1n) is 5.91. The van der Waals surface area contributed by atoms with Crippen LogP contribution in [-0.2, 0) is 0 Å². The molecule has 15 heavy (non-hydrogen) atoms. The van der Waals surface area contributed by atoms with E-state index in [1.165, 1.54) is 17.6 Å². The highest BCUT2D eigenvalue weighted by Crippen LogP contribution is 2.10. The molecule has 0 aromatic heterocycles. The lowest BCUT2D eigenvalue weighted by Gasteiger charge is -2.01. The van der Waals surface area contributed by atoms with Crippen LogP contribution in [0.1, 0.15) is 59.8 Å². The van der Waals surface area contributed by atoms with Crippen molar-refractivity contribution in [2.45, 2.75) is 59.8 Å². The van der Waals surface area contributed by atoms with Gasteiger partial charge >= 0.3 is 0 Å². The molecule has 0 atom stereocenters. The fraction of sp³-hybridized carbons (Fsp3) is 0.643. The summed E-state index contributed by atoms with van der Waals surface area (Å²) in [4.78, 5) is 0. The van der Waals surface area contributed by atoms with Gasteiger partial charge in [0.1, 0.15) is 0 Å². The molecule has 1 N–H and O–H groups in total. The first-order valence-corrected chi connectivity index (χ1v) is 5.91. The molecule has 1 heteroatoms. The summed E-state index contributed by atoms with van der Waals surface area (Å²) >= 11 is 0. The van der Waals surface area contributed by atoms with Gasteiger partial charge in [0, 0.05) is 5.71 Å². The van der Waals surface area contributed by atoms with E-state index >= 15 is 0 Å². The minimum absolute atomic E-state index is 0.782. The van der Waals surface area contributed by atoms with Crippen LogP contribution in [0, 0.1) is 5.41 Å². The zero-order valence-electron chi connectivity index (χ0n) is 10.7. The largest absolute Gasteiger partial charge is 0.310 e. The van der Waals surface area contributed by atoms with Crippen LogP contribution in [0.15, 0.2) is 23.3 Å². The van der Waals surface area contributed by atoms with Gasteiger partial charge in [-0.2, -0.15) is 0 Å². The molecule has 0 aromatic rings. The van der Waals surface area contributed by atoms with E-state index in [0.29, 0.717) is 0 Å². The van der Waals surface area contributed by atoms with Gasteiger partial charge in [0.15, 0.2) is 0 Å². The number of rotatable bonds is 7. The Balaban J connectivity index is 3.76. The Kier molecular flexibility index (Phi) is 7.98. The predicted octanol–water partition coefficient (Wildman–Crippen LogP) is 4.89. The van der Waals surface area contributed by atoms with Crippen LogP contribution in [0.5, 0.6) is 0 Å². The predicted molar refractivity (Wildman–Crippen MR) is 69.7 cm³/mol. The first kappa shape index (κ1) is 14.2. The highest BCUT2D eigenvalue weighted by Gasteiger charge is 1.93. The summed E-state index contributed by atoms with van der Waals surface area (Å²) in [5.41, 5.74) is 3.69. The first-order chi connectivity index (χ1) is 7.06. The molecule has 0 spiro atoms. The molecule has 0 aliphatic heterocycles. The standard InChI is InChI=1S/C14H25N/c1-5-7-12(2)8-6-9-13(3)10-11-14(4)15/h7,9,15H,5-6,8,10-11H2,1-4H3/b12-7+,13-9+,15-14?. The van der Waals surface area contributed by atoms with Gasteiger partial charge in [0.05, 0.1) is 0 Å². The molecule has 0 radical (unpaired) electrons. The SMILES string of the molecule is CC/C=C(\C)CC/C=C(\C)CCC(C)=N. The van der Waals surface area contributed by atoms with Crippen molar-refractivity contribution in [2.75, 3.05) is 0 Å². The smallest absolute Gasteiger partial charge is 0.00614 e. The van der Waals surface area contributed by atoms with Gasteiger partial charge in [-0.05, 0) is 52.9 Å². The third kappa shape index (κ3) is 9.45. The fourth-order valence-electron chi connectivity index (χ4n) is 1.48. The van der Waals surface area contributed by atoms with E-state index in [1.54, 1.807) is 0 Å². The zero-order chi connectivity index (χ0) is 11.7. The van der Waals surface area contributed by atoms with Gasteiger partial charge in [-0.1, -0.05) is 30.2 Å². The number of hydrogen-bond acceptors (Lipinski definition) is 1. The summed E-state index contributed by atoms with van der Waals surface area (Å²) in [6, 6.07) is 0. The maximum Gasteiger partial charge on any atom is 0.00614 e. The summed E-state index contributed by atoms with van der Waals surface area (Å²) in [7, 11) is 0.